The molecule has 0 aliphatic carbocycles. The van der Waals surface area contributed by atoms with E-state index < -0.39 is 5.97 Å². The van der Waals surface area contributed by atoms with Crippen LogP contribution in [0.15, 0.2) is 48.5 Å². The molecular formula is C19H20FN3O3. The van der Waals surface area contributed by atoms with Gasteiger partial charge in [0.05, 0.1) is 12.1 Å². The molecule has 2 aromatic carbocycles. The molecule has 1 heterocycles. The van der Waals surface area contributed by atoms with Crippen molar-refractivity contribution in [3.63, 3.8) is 0 Å². The molecule has 0 aromatic heterocycles. The third-order valence-electron chi connectivity index (χ3n) is 4.32. The lowest BCUT2D eigenvalue weighted by Gasteiger charge is -2.35. The van der Waals surface area contributed by atoms with Gasteiger partial charge in [-0.2, -0.15) is 0 Å². The van der Waals surface area contributed by atoms with E-state index >= 15 is 0 Å². The number of rotatable bonds is 5. The SMILES string of the molecule is O=C(CN1CCN(c2ccc(F)cc2)CC1)Nc1cccc(C(=O)O)c1. The molecule has 0 spiro atoms. The van der Waals surface area contributed by atoms with Crippen LogP contribution in [0.5, 0.6) is 0 Å². The number of nitrogens with zero attached hydrogens (tertiary/aromatic N) is 2. The van der Waals surface area contributed by atoms with Gasteiger partial charge in [0.15, 0.2) is 0 Å². The third kappa shape index (κ3) is 4.58. The van der Waals surface area contributed by atoms with Crippen LogP contribution in [0, 0.1) is 5.82 Å². The van der Waals surface area contributed by atoms with Crippen molar-refractivity contribution >= 4 is 23.3 Å². The average molecular weight is 357 g/mol. The Labute approximate surface area is 150 Å². The Morgan fingerprint density at radius 1 is 1.04 bits per heavy atom. The van der Waals surface area contributed by atoms with Gasteiger partial charge in [-0.05, 0) is 42.5 Å². The first-order valence-electron chi connectivity index (χ1n) is 8.37. The summed E-state index contributed by atoms with van der Waals surface area (Å²) in [7, 11) is 0. The van der Waals surface area contributed by atoms with Gasteiger partial charge in [0.25, 0.3) is 0 Å². The number of anilines is 2. The van der Waals surface area contributed by atoms with E-state index in [0.29, 0.717) is 5.69 Å². The van der Waals surface area contributed by atoms with Gasteiger partial charge >= 0.3 is 5.97 Å². The van der Waals surface area contributed by atoms with Crippen molar-refractivity contribution in [3.8, 4) is 0 Å². The molecule has 26 heavy (non-hydrogen) atoms. The standard InChI is InChI=1S/C19H20FN3O3/c20-15-4-6-17(7-5-15)23-10-8-22(9-11-23)13-18(24)21-16-3-1-2-14(12-16)19(25)26/h1-7,12H,8-11,13H2,(H,21,24)(H,25,26). The molecular weight excluding hydrogens is 337 g/mol. The normalized spacial score (nSPS) is 14.9. The van der Waals surface area contributed by atoms with E-state index in [2.05, 4.69) is 10.2 Å². The van der Waals surface area contributed by atoms with Gasteiger partial charge in [0.2, 0.25) is 5.91 Å². The molecule has 6 nitrogen and oxygen atoms in total. The highest BCUT2D eigenvalue weighted by Crippen LogP contribution is 2.17. The van der Waals surface area contributed by atoms with E-state index in [0.717, 1.165) is 31.9 Å². The van der Waals surface area contributed by atoms with Crippen LogP contribution in [0.4, 0.5) is 15.8 Å². The van der Waals surface area contributed by atoms with Gasteiger partial charge in [-0.3, -0.25) is 9.69 Å². The van der Waals surface area contributed by atoms with Crippen molar-refractivity contribution in [2.75, 3.05) is 42.9 Å². The van der Waals surface area contributed by atoms with E-state index in [-0.39, 0.29) is 23.8 Å². The van der Waals surface area contributed by atoms with Crippen LogP contribution in [-0.2, 0) is 4.79 Å². The van der Waals surface area contributed by atoms with E-state index in [1.165, 1.54) is 24.3 Å². The molecule has 0 atom stereocenters. The number of hydrogen-bond acceptors (Lipinski definition) is 4. The Bertz CT molecular complexity index is 787. The highest BCUT2D eigenvalue weighted by molar-refractivity contribution is 5.94. The van der Waals surface area contributed by atoms with Crippen LogP contribution in [-0.4, -0.2) is 54.6 Å². The number of carbonyl (C=O) groups is 2. The van der Waals surface area contributed by atoms with Gasteiger partial charge in [-0.25, -0.2) is 9.18 Å². The largest absolute Gasteiger partial charge is 0.478 e. The second kappa shape index (κ2) is 7.97. The second-order valence-corrected chi connectivity index (χ2v) is 6.17. The van der Waals surface area contributed by atoms with Crippen LogP contribution in [0.3, 0.4) is 0 Å². The van der Waals surface area contributed by atoms with Gasteiger partial charge in [-0.15, -0.1) is 0 Å². The minimum atomic E-state index is -1.03. The molecule has 1 saturated heterocycles. The Morgan fingerprint density at radius 2 is 1.73 bits per heavy atom. The first-order valence-corrected chi connectivity index (χ1v) is 8.37. The molecule has 0 saturated carbocycles. The summed E-state index contributed by atoms with van der Waals surface area (Å²) < 4.78 is 13.0. The van der Waals surface area contributed by atoms with Crippen molar-refractivity contribution in [2.24, 2.45) is 0 Å². The predicted octanol–water partition coefficient (Wildman–Crippen LogP) is 2.28. The average Bonchev–Trinajstić information content (AvgIpc) is 2.63. The molecule has 0 unspecified atom stereocenters. The second-order valence-electron chi connectivity index (χ2n) is 6.17. The van der Waals surface area contributed by atoms with Crippen LogP contribution in [0.25, 0.3) is 0 Å². The number of piperazine rings is 1. The van der Waals surface area contributed by atoms with E-state index in [1.54, 1.807) is 24.3 Å². The molecule has 1 fully saturated rings. The van der Waals surface area contributed by atoms with E-state index in [1.807, 2.05) is 4.90 Å². The number of benzene rings is 2. The van der Waals surface area contributed by atoms with E-state index in [9.17, 15) is 14.0 Å². The molecule has 3 rings (SSSR count). The highest BCUT2D eigenvalue weighted by atomic mass is 19.1. The number of hydrogen-bond donors (Lipinski definition) is 2. The monoisotopic (exact) mass is 357 g/mol. The lowest BCUT2D eigenvalue weighted by Crippen LogP contribution is -2.48. The number of halogens is 1. The molecule has 136 valence electrons. The predicted molar refractivity (Wildman–Crippen MR) is 97.1 cm³/mol. The number of carboxylic acids is 1. The minimum absolute atomic E-state index is 0.135. The summed E-state index contributed by atoms with van der Waals surface area (Å²) >= 11 is 0. The zero-order chi connectivity index (χ0) is 18.5. The fourth-order valence-corrected chi connectivity index (χ4v) is 2.95. The zero-order valence-electron chi connectivity index (χ0n) is 14.2. The lowest BCUT2D eigenvalue weighted by atomic mass is 10.2. The lowest BCUT2D eigenvalue weighted by molar-refractivity contribution is -0.117. The third-order valence-corrected chi connectivity index (χ3v) is 4.32. The maximum Gasteiger partial charge on any atom is 0.335 e. The number of aromatic carboxylic acids is 1. The van der Waals surface area contributed by atoms with Crippen LogP contribution in [0.2, 0.25) is 0 Å². The Kier molecular flexibility index (Phi) is 5.48. The molecule has 2 N–H and O–H groups in total. The first-order chi connectivity index (χ1) is 12.5. The number of amides is 1. The molecule has 1 aliphatic heterocycles. The Morgan fingerprint density at radius 3 is 2.38 bits per heavy atom. The summed E-state index contributed by atoms with van der Waals surface area (Å²) in [6.45, 7) is 3.20. The fraction of sp³-hybridized carbons (Fsp3) is 0.263. The minimum Gasteiger partial charge on any atom is -0.478 e. The van der Waals surface area contributed by atoms with Crippen LogP contribution in [0.1, 0.15) is 10.4 Å². The van der Waals surface area contributed by atoms with Crippen LogP contribution >= 0.6 is 0 Å². The fourth-order valence-electron chi connectivity index (χ4n) is 2.95. The summed E-state index contributed by atoms with van der Waals surface area (Å²) in [5.74, 6) is -1.46. The van der Waals surface area contributed by atoms with Crippen molar-refractivity contribution in [2.45, 2.75) is 0 Å². The van der Waals surface area contributed by atoms with Gasteiger partial charge < -0.3 is 15.3 Å². The summed E-state index contributed by atoms with van der Waals surface area (Å²) in [5.41, 5.74) is 1.58. The van der Waals surface area contributed by atoms with Crippen molar-refractivity contribution in [3.05, 3.63) is 59.9 Å². The topological polar surface area (TPSA) is 72.9 Å². The zero-order valence-corrected chi connectivity index (χ0v) is 14.2. The van der Waals surface area contributed by atoms with E-state index in [4.69, 9.17) is 5.11 Å². The van der Waals surface area contributed by atoms with Gasteiger partial charge in [0.1, 0.15) is 5.82 Å². The van der Waals surface area contributed by atoms with Gasteiger partial charge in [0, 0.05) is 37.6 Å². The van der Waals surface area contributed by atoms with Crippen molar-refractivity contribution in [1.29, 1.82) is 0 Å². The van der Waals surface area contributed by atoms with Crippen LogP contribution < -0.4 is 10.2 Å². The summed E-state index contributed by atoms with van der Waals surface area (Å²) in [6, 6.07) is 12.6. The van der Waals surface area contributed by atoms with Crippen molar-refractivity contribution < 1.29 is 19.1 Å². The summed E-state index contributed by atoms with van der Waals surface area (Å²) in [6.07, 6.45) is 0. The van der Waals surface area contributed by atoms with Gasteiger partial charge in [-0.1, -0.05) is 6.07 Å². The molecule has 1 aliphatic rings. The molecule has 0 bridgehead atoms. The molecule has 7 heteroatoms. The number of carboxylic acid groups (broad SMARTS) is 1. The molecule has 1 amide bonds. The Hall–Kier alpha value is -2.93. The first kappa shape index (κ1) is 17.9. The smallest absolute Gasteiger partial charge is 0.335 e. The quantitative estimate of drug-likeness (QED) is 0.859. The van der Waals surface area contributed by atoms with Crippen molar-refractivity contribution in [1.82, 2.24) is 4.90 Å². The summed E-state index contributed by atoms with van der Waals surface area (Å²) in [5, 5.41) is 11.7. The highest BCUT2D eigenvalue weighted by Gasteiger charge is 2.19. The summed E-state index contributed by atoms with van der Waals surface area (Å²) in [4.78, 5) is 27.4. The number of nitrogens with one attached hydrogen (secondary N) is 1. The Balaban J connectivity index is 1.49. The number of carbonyl (C=O) groups excluding carboxylic acids is 1. The molecule has 0 radical (unpaired) electrons. The maximum absolute atomic E-state index is 13.0. The maximum atomic E-state index is 13.0. The molecule has 2 aromatic rings.